The van der Waals surface area contributed by atoms with Crippen LogP contribution in [0.3, 0.4) is 0 Å². The second-order valence-electron chi connectivity index (χ2n) is 5.80. The van der Waals surface area contributed by atoms with Crippen LogP contribution in [0.2, 0.25) is 0 Å². The number of rotatable bonds is 6. The fourth-order valence-electron chi connectivity index (χ4n) is 2.72. The van der Waals surface area contributed by atoms with Crippen LogP contribution in [0.5, 0.6) is 0 Å². The summed E-state index contributed by atoms with van der Waals surface area (Å²) in [6.07, 6.45) is 8.43. The van der Waals surface area contributed by atoms with Gasteiger partial charge in [-0.3, -0.25) is 4.79 Å². The van der Waals surface area contributed by atoms with Gasteiger partial charge in [0, 0.05) is 23.0 Å². The van der Waals surface area contributed by atoms with E-state index in [1.165, 1.54) is 32.1 Å². The summed E-state index contributed by atoms with van der Waals surface area (Å²) in [5.74, 6) is 1.18. The molecular weight excluding hydrogens is 280 g/mol. The van der Waals surface area contributed by atoms with E-state index >= 15 is 0 Å². The fourth-order valence-corrected chi connectivity index (χ4v) is 4.03. The lowest BCUT2D eigenvalue weighted by Gasteiger charge is -2.20. The second-order valence-corrected chi connectivity index (χ2v) is 7.21. The molecular formula is C17H26N2OS. The first kappa shape index (κ1) is 16.2. The molecule has 0 spiro atoms. The first-order chi connectivity index (χ1) is 10.2. The third kappa shape index (κ3) is 5.27. The van der Waals surface area contributed by atoms with E-state index < -0.39 is 0 Å². The topological polar surface area (TPSA) is 55.1 Å². The van der Waals surface area contributed by atoms with Crippen LogP contribution in [0.15, 0.2) is 18.2 Å². The van der Waals surface area contributed by atoms with Gasteiger partial charge in [-0.2, -0.15) is 11.8 Å². The minimum Gasteiger partial charge on any atom is -0.398 e. The molecule has 1 saturated carbocycles. The van der Waals surface area contributed by atoms with Gasteiger partial charge >= 0.3 is 0 Å². The van der Waals surface area contributed by atoms with Crippen LogP contribution < -0.4 is 11.1 Å². The maximum absolute atomic E-state index is 12.0. The predicted molar refractivity (Wildman–Crippen MR) is 92.8 cm³/mol. The van der Waals surface area contributed by atoms with Crippen LogP contribution in [-0.2, 0) is 4.79 Å². The molecule has 1 aliphatic carbocycles. The van der Waals surface area contributed by atoms with Crippen molar-refractivity contribution in [2.24, 2.45) is 0 Å². The molecule has 0 saturated heterocycles. The van der Waals surface area contributed by atoms with Gasteiger partial charge in [-0.05, 0) is 49.6 Å². The molecule has 3 N–H and O–H groups in total. The Bertz CT molecular complexity index is 470. The first-order valence-electron chi connectivity index (χ1n) is 7.93. The van der Waals surface area contributed by atoms with E-state index in [0.29, 0.717) is 6.42 Å². The van der Waals surface area contributed by atoms with Gasteiger partial charge in [-0.25, -0.2) is 0 Å². The molecule has 1 fully saturated rings. The van der Waals surface area contributed by atoms with Gasteiger partial charge in [0.15, 0.2) is 0 Å². The van der Waals surface area contributed by atoms with E-state index in [4.69, 9.17) is 5.73 Å². The van der Waals surface area contributed by atoms with Crippen molar-refractivity contribution in [1.82, 2.24) is 0 Å². The highest BCUT2D eigenvalue weighted by atomic mass is 32.2. The average Bonchev–Trinajstić information content (AvgIpc) is 2.49. The molecule has 3 nitrogen and oxygen atoms in total. The Morgan fingerprint density at radius 3 is 2.86 bits per heavy atom. The van der Waals surface area contributed by atoms with Gasteiger partial charge in [-0.15, -0.1) is 0 Å². The molecule has 116 valence electrons. The number of nitrogens with one attached hydrogen (secondary N) is 1. The summed E-state index contributed by atoms with van der Waals surface area (Å²) in [7, 11) is 0. The summed E-state index contributed by atoms with van der Waals surface area (Å²) in [5, 5.41) is 3.79. The van der Waals surface area contributed by atoms with Crippen molar-refractivity contribution in [2.45, 2.75) is 57.1 Å². The highest BCUT2D eigenvalue weighted by Crippen LogP contribution is 2.28. The normalized spacial score (nSPS) is 15.9. The number of amides is 1. The summed E-state index contributed by atoms with van der Waals surface area (Å²) in [6, 6.07) is 5.63. The van der Waals surface area contributed by atoms with Gasteiger partial charge in [0.25, 0.3) is 0 Å². The van der Waals surface area contributed by atoms with E-state index in [2.05, 4.69) is 17.1 Å². The fraction of sp³-hybridized carbons (Fsp3) is 0.588. The lowest BCUT2D eigenvalue weighted by molar-refractivity contribution is -0.116. The number of hydrogen-bond donors (Lipinski definition) is 2. The Morgan fingerprint density at radius 2 is 2.10 bits per heavy atom. The molecule has 0 heterocycles. The van der Waals surface area contributed by atoms with Crippen molar-refractivity contribution in [3.63, 3.8) is 0 Å². The molecule has 1 aromatic carbocycles. The van der Waals surface area contributed by atoms with Gasteiger partial charge < -0.3 is 11.1 Å². The Labute approximate surface area is 132 Å². The summed E-state index contributed by atoms with van der Waals surface area (Å²) in [6.45, 7) is 1.93. The highest BCUT2D eigenvalue weighted by Gasteiger charge is 2.13. The summed E-state index contributed by atoms with van der Waals surface area (Å²) in [5.41, 5.74) is 8.35. The molecule has 2 rings (SSSR count). The number of carbonyl (C=O) groups excluding carboxylic acids is 1. The first-order valence-corrected chi connectivity index (χ1v) is 8.98. The summed E-state index contributed by atoms with van der Waals surface area (Å²) in [4.78, 5) is 12.0. The molecule has 21 heavy (non-hydrogen) atoms. The van der Waals surface area contributed by atoms with Gasteiger partial charge in [0.2, 0.25) is 5.91 Å². The van der Waals surface area contributed by atoms with E-state index in [1.54, 1.807) is 0 Å². The number of carbonyl (C=O) groups is 1. The van der Waals surface area contributed by atoms with Crippen molar-refractivity contribution in [3.05, 3.63) is 23.8 Å². The molecule has 1 aliphatic rings. The Hall–Kier alpha value is -1.16. The zero-order chi connectivity index (χ0) is 15.1. The second kappa shape index (κ2) is 8.32. The Kier molecular flexibility index (Phi) is 6.43. The van der Waals surface area contributed by atoms with Crippen LogP contribution in [-0.4, -0.2) is 16.9 Å². The summed E-state index contributed by atoms with van der Waals surface area (Å²) < 4.78 is 0. The molecule has 0 aromatic heterocycles. The number of anilines is 2. The van der Waals surface area contributed by atoms with Crippen molar-refractivity contribution in [2.75, 3.05) is 16.8 Å². The van der Waals surface area contributed by atoms with E-state index in [0.717, 1.165) is 34.4 Å². The van der Waals surface area contributed by atoms with Crippen molar-refractivity contribution >= 4 is 29.0 Å². The zero-order valence-electron chi connectivity index (χ0n) is 12.9. The summed E-state index contributed by atoms with van der Waals surface area (Å²) >= 11 is 2.05. The van der Waals surface area contributed by atoms with Crippen LogP contribution in [0.1, 0.15) is 50.5 Å². The molecule has 0 atom stereocenters. The quantitative estimate of drug-likeness (QED) is 0.606. The van der Waals surface area contributed by atoms with Crippen LogP contribution >= 0.6 is 11.8 Å². The zero-order valence-corrected chi connectivity index (χ0v) is 13.7. The molecule has 0 aliphatic heterocycles. The minimum atomic E-state index is 0.0907. The molecule has 0 bridgehead atoms. The molecule has 0 radical (unpaired) electrons. The molecule has 1 aromatic rings. The Balaban J connectivity index is 1.66. The standard InChI is InChI=1S/C17H26N2OS/c1-13-15(18)9-5-10-16(13)19-17(20)11-6-12-21-14-7-3-2-4-8-14/h5,9-10,14H,2-4,6-8,11-12,18H2,1H3,(H,19,20). The number of thioether (sulfide) groups is 1. The SMILES string of the molecule is Cc1c(N)cccc1NC(=O)CCCSC1CCCCC1. The number of benzene rings is 1. The molecule has 4 heteroatoms. The Morgan fingerprint density at radius 1 is 1.33 bits per heavy atom. The highest BCUT2D eigenvalue weighted by molar-refractivity contribution is 7.99. The number of nitrogens with two attached hydrogens (primary N) is 1. The van der Waals surface area contributed by atoms with E-state index in [-0.39, 0.29) is 5.91 Å². The lowest BCUT2D eigenvalue weighted by Crippen LogP contribution is -2.13. The van der Waals surface area contributed by atoms with E-state index in [1.807, 2.05) is 25.1 Å². The van der Waals surface area contributed by atoms with Gasteiger partial charge in [-0.1, -0.05) is 25.3 Å². The van der Waals surface area contributed by atoms with Crippen molar-refractivity contribution < 1.29 is 4.79 Å². The van der Waals surface area contributed by atoms with Gasteiger partial charge in [0.1, 0.15) is 0 Å². The molecule has 0 unspecified atom stereocenters. The van der Waals surface area contributed by atoms with E-state index in [9.17, 15) is 4.79 Å². The van der Waals surface area contributed by atoms with Crippen LogP contribution in [0.25, 0.3) is 0 Å². The van der Waals surface area contributed by atoms with Crippen molar-refractivity contribution in [3.8, 4) is 0 Å². The van der Waals surface area contributed by atoms with Crippen LogP contribution in [0.4, 0.5) is 11.4 Å². The van der Waals surface area contributed by atoms with Crippen molar-refractivity contribution in [1.29, 1.82) is 0 Å². The predicted octanol–water partition coefficient (Wildman–Crippen LogP) is 4.36. The average molecular weight is 306 g/mol. The third-order valence-electron chi connectivity index (χ3n) is 4.10. The maximum Gasteiger partial charge on any atom is 0.224 e. The number of hydrogen-bond acceptors (Lipinski definition) is 3. The smallest absolute Gasteiger partial charge is 0.224 e. The monoisotopic (exact) mass is 306 g/mol. The van der Waals surface area contributed by atoms with Gasteiger partial charge in [0.05, 0.1) is 0 Å². The lowest BCUT2D eigenvalue weighted by atomic mass is 10.0. The maximum atomic E-state index is 12.0. The number of nitrogen functional groups attached to an aromatic ring is 1. The van der Waals surface area contributed by atoms with Crippen LogP contribution in [0, 0.1) is 6.92 Å². The third-order valence-corrected chi connectivity index (χ3v) is 5.57. The molecule has 1 amide bonds. The minimum absolute atomic E-state index is 0.0907. The largest absolute Gasteiger partial charge is 0.398 e.